The van der Waals surface area contributed by atoms with Gasteiger partial charge in [-0.15, -0.1) is 0 Å². The Hall–Kier alpha value is -1.69. The van der Waals surface area contributed by atoms with Crippen LogP contribution in [0.1, 0.15) is 0 Å². The zero-order chi connectivity index (χ0) is 12.8. The number of halogens is 1. The van der Waals surface area contributed by atoms with Gasteiger partial charge in [0.1, 0.15) is 0 Å². The van der Waals surface area contributed by atoms with E-state index in [4.69, 9.17) is 0 Å². The second-order valence-corrected chi connectivity index (χ2v) is 6.13. The molecule has 0 bridgehead atoms. The molecule has 1 aliphatic heterocycles. The molecule has 0 atom stereocenters. The summed E-state index contributed by atoms with van der Waals surface area (Å²) >= 11 is -0.794. The summed E-state index contributed by atoms with van der Waals surface area (Å²) in [5.74, 6) is -0.419. The average Bonchev–Trinajstić information content (AvgIpc) is 2.69. The van der Waals surface area contributed by atoms with E-state index < -0.39 is 21.5 Å². The Balaban J connectivity index is 2.24. The third-order valence-corrected chi connectivity index (χ3v) is 4.82. The topological polar surface area (TPSA) is 37.4 Å². The van der Waals surface area contributed by atoms with Crippen LogP contribution in [0.4, 0.5) is 0 Å². The quantitative estimate of drug-likeness (QED) is 0.386. The van der Waals surface area contributed by atoms with Gasteiger partial charge in [0.2, 0.25) is 0 Å². The predicted molar refractivity (Wildman–Crippen MR) is 63.8 cm³/mol. The van der Waals surface area contributed by atoms with Crippen LogP contribution in [-0.4, -0.2) is 14.9 Å². The van der Waals surface area contributed by atoms with E-state index in [0.29, 0.717) is 0 Å². The van der Waals surface area contributed by atoms with Gasteiger partial charge in [-0.25, -0.2) is 0 Å². The third kappa shape index (κ3) is 3.40. The van der Waals surface area contributed by atoms with Crippen LogP contribution in [0, 0.1) is 3.57 Å². The van der Waals surface area contributed by atoms with Crippen molar-refractivity contribution in [3.05, 3.63) is 70.3 Å². The molecule has 1 aliphatic rings. The molecule has 18 heavy (non-hydrogen) atoms. The Morgan fingerprint density at radius 2 is 1.17 bits per heavy atom. The number of carbonyl (C=O) groups is 2. The summed E-state index contributed by atoms with van der Waals surface area (Å²) in [4.78, 5) is 23.0. The van der Waals surface area contributed by atoms with Crippen molar-refractivity contribution in [3.63, 3.8) is 0 Å². The van der Waals surface area contributed by atoms with Crippen LogP contribution in [0.5, 0.6) is 0 Å². The van der Waals surface area contributed by atoms with Crippen molar-refractivity contribution in [1.29, 1.82) is 0 Å². The molecule has 0 N–H and O–H groups in total. The zero-order valence-corrected chi connectivity index (χ0v) is 11.7. The first kappa shape index (κ1) is 12.8. The van der Waals surface area contributed by atoms with Crippen molar-refractivity contribution in [3.8, 4) is 0 Å². The molecule has 3 nitrogen and oxygen atoms in total. The molecule has 2 rings (SSSR count). The van der Waals surface area contributed by atoms with Gasteiger partial charge in [-0.05, 0) is 0 Å². The van der Waals surface area contributed by atoms with Crippen LogP contribution in [0.3, 0.4) is 0 Å². The van der Waals surface area contributed by atoms with E-state index in [9.17, 15) is 9.59 Å². The Morgan fingerprint density at radius 3 is 1.67 bits per heavy atom. The Labute approximate surface area is 116 Å². The van der Waals surface area contributed by atoms with Gasteiger partial charge in [0.25, 0.3) is 0 Å². The molecule has 4 heteroatoms. The number of carbonyl (C=O) groups excluding carboxylic acids is 2. The summed E-state index contributed by atoms with van der Waals surface area (Å²) in [6.45, 7) is 0. The van der Waals surface area contributed by atoms with Crippen LogP contribution in [0.2, 0.25) is 0 Å². The molecule has 1 aromatic carbocycles. The molecule has 0 saturated heterocycles. The second kappa shape index (κ2) is 6.30. The van der Waals surface area contributed by atoms with Gasteiger partial charge in [-0.3, -0.25) is 0 Å². The van der Waals surface area contributed by atoms with E-state index in [1.165, 1.54) is 15.3 Å². The minimum atomic E-state index is -0.794. The average molecular weight is 352 g/mol. The molecule has 0 spiro atoms. The van der Waals surface area contributed by atoms with E-state index in [0.717, 1.165) is 3.57 Å². The third-order valence-electron chi connectivity index (χ3n) is 2.12. The van der Waals surface area contributed by atoms with Crippen LogP contribution in [0.25, 0.3) is 0 Å². The molecule has 0 unspecified atom stereocenters. The number of amides is 2. The van der Waals surface area contributed by atoms with Crippen LogP contribution < -0.4 is 21.5 Å². The van der Waals surface area contributed by atoms with Gasteiger partial charge in [-0.1, -0.05) is 0 Å². The SMILES string of the molecule is O=C1C=CC(=O)N1[I-]c1ccccccccc1. The Kier molecular flexibility index (Phi) is 4.46. The van der Waals surface area contributed by atoms with Gasteiger partial charge < -0.3 is 0 Å². The van der Waals surface area contributed by atoms with E-state index in [1.54, 1.807) is 0 Å². The first-order valence-corrected chi connectivity index (χ1v) is 7.41. The van der Waals surface area contributed by atoms with E-state index >= 15 is 0 Å². The summed E-state index contributed by atoms with van der Waals surface area (Å²) in [6.07, 6.45) is 2.65. The summed E-state index contributed by atoms with van der Waals surface area (Å²) < 4.78 is 2.34. The minimum absolute atomic E-state index is 0.210. The van der Waals surface area contributed by atoms with Crippen molar-refractivity contribution in [2.75, 3.05) is 0 Å². The van der Waals surface area contributed by atoms with Crippen molar-refractivity contribution in [2.24, 2.45) is 0 Å². The van der Waals surface area contributed by atoms with Crippen LogP contribution in [0.15, 0.2) is 66.7 Å². The Bertz CT molecular complexity index is 510. The van der Waals surface area contributed by atoms with E-state index in [-0.39, 0.29) is 11.8 Å². The number of rotatable bonds is 2. The van der Waals surface area contributed by atoms with Gasteiger partial charge in [0.05, 0.1) is 0 Å². The molecule has 2 amide bonds. The number of hydrogen-bond donors (Lipinski definition) is 0. The molecule has 0 fully saturated rings. The van der Waals surface area contributed by atoms with Gasteiger partial charge in [0.15, 0.2) is 0 Å². The summed E-state index contributed by atoms with van der Waals surface area (Å²) in [6, 6.07) is 17.3. The van der Waals surface area contributed by atoms with E-state index in [1.807, 2.05) is 54.6 Å². The molecule has 0 saturated carbocycles. The second-order valence-electron chi connectivity index (χ2n) is 3.44. The first-order chi connectivity index (χ1) is 8.77. The molecule has 1 heterocycles. The molecule has 0 aromatic heterocycles. The van der Waals surface area contributed by atoms with Gasteiger partial charge in [0, 0.05) is 0 Å². The first-order valence-electron chi connectivity index (χ1n) is 5.37. The standard InChI is InChI=1S/C14H11INO2/c17-13-10-11-14(18)16(13)15-12-8-6-4-2-1-3-5-7-9-12/h1-11H/q-1. The maximum absolute atomic E-state index is 11.5. The molecule has 92 valence electrons. The van der Waals surface area contributed by atoms with Crippen molar-refractivity contribution in [1.82, 2.24) is 3.11 Å². The molecule has 1 aromatic rings. The molecular weight excluding hydrogens is 341 g/mol. The molecule has 0 aliphatic carbocycles. The Morgan fingerprint density at radius 1 is 0.722 bits per heavy atom. The fourth-order valence-corrected chi connectivity index (χ4v) is 3.38. The van der Waals surface area contributed by atoms with E-state index in [2.05, 4.69) is 0 Å². The van der Waals surface area contributed by atoms with Crippen LogP contribution in [-0.2, 0) is 9.59 Å². The normalized spacial score (nSPS) is 13.9. The summed E-state index contributed by atoms with van der Waals surface area (Å²) in [5, 5.41) is 0. The number of hydrogen-bond acceptors (Lipinski definition) is 2. The van der Waals surface area contributed by atoms with Crippen LogP contribution >= 0.6 is 0 Å². The number of nitrogens with zero attached hydrogens (tertiary/aromatic N) is 1. The monoisotopic (exact) mass is 352 g/mol. The maximum atomic E-state index is 11.5. The molecule has 0 radical (unpaired) electrons. The van der Waals surface area contributed by atoms with Crippen molar-refractivity contribution in [2.45, 2.75) is 0 Å². The van der Waals surface area contributed by atoms with Crippen molar-refractivity contribution >= 4 is 11.8 Å². The number of imide groups is 1. The fraction of sp³-hybridized carbons (Fsp3) is 0. The fourth-order valence-electron chi connectivity index (χ4n) is 1.29. The predicted octanol–water partition coefficient (Wildman–Crippen LogP) is -1.09. The zero-order valence-electron chi connectivity index (χ0n) is 9.49. The van der Waals surface area contributed by atoms with Gasteiger partial charge in [-0.2, -0.15) is 0 Å². The summed E-state index contributed by atoms with van der Waals surface area (Å²) in [5.41, 5.74) is 0. The van der Waals surface area contributed by atoms with Gasteiger partial charge >= 0.3 is 116 Å². The summed E-state index contributed by atoms with van der Waals surface area (Å²) in [7, 11) is 0. The van der Waals surface area contributed by atoms with Crippen molar-refractivity contribution < 1.29 is 31.1 Å². The molecular formula is C14H11INO2-.